The summed E-state index contributed by atoms with van der Waals surface area (Å²) >= 11 is 6.21. The van der Waals surface area contributed by atoms with Crippen LogP contribution in [0.4, 0.5) is 10.5 Å². The lowest BCUT2D eigenvalue weighted by Gasteiger charge is -2.32. The summed E-state index contributed by atoms with van der Waals surface area (Å²) in [6.07, 6.45) is 4.68. The lowest BCUT2D eigenvalue weighted by atomic mass is 9.97. The molecule has 1 aliphatic carbocycles. The molecule has 1 saturated carbocycles. The van der Waals surface area contributed by atoms with Gasteiger partial charge in [0.15, 0.2) is 9.84 Å². The SMILES string of the molecule is COC1CCC(Cl)CC1S(=O)(=O)c1ccc(NC(=O)NCc2cccnc2)cc1. The van der Waals surface area contributed by atoms with Gasteiger partial charge < -0.3 is 15.4 Å². The Morgan fingerprint density at radius 3 is 2.66 bits per heavy atom. The van der Waals surface area contributed by atoms with E-state index in [2.05, 4.69) is 15.6 Å². The van der Waals surface area contributed by atoms with Crippen molar-refractivity contribution in [2.45, 2.75) is 47.4 Å². The number of carbonyl (C=O) groups is 1. The Labute approximate surface area is 175 Å². The summed E-state index contributed by atoms with van der Waals surface area (Å²) in [4.78, 5) is 16.2. The summed E-state index contributed by atoms with van der Waals surface area (Å²) in [5.74, 6) is 0. The Hall–Kier alpha value is -2.16. The van der Waals surface area contributed by atoms with Gasteiger partial charge in [-0.05, 0) is 55.2 Å². The monoisotopic (exact) mass is 437 g/mol. The van der Waals surface area contributed by atoms with Gasteiger partial charge in [-0.3, -0.25) is 4.98 Å². The molecule has 2 N–H and O–H groups in total. The number of anilines is 1. The average Bonchev–Trinajstić information content (AvgIpc) is 2.73. The van der Waals surface area contributed by atoms with Gasteiger partial charge >= 0.3 is 6.03 Å². The van der Waals surface area contributed by atoms with Crippen LogP contribution < -0.4 is 10.6 Å². The highest BCUT2D eigenvalue weighted by atomic mass is 35.5. The standard InChI is InChI=1S/C20H24ClN3O4S/c1-28-18-9-4-15(21)11-19(18)29(26,27)17-7-5-16(6-8-17)24-20(25)23-13-14-3-2-10-22-12-14/h2-3,5-8,10,12,15,18-19H,4,9,11,13H2,1H3,(H2,23,24,25). The number of carbonyl (C=O) groups excluding carboxylic acids is 1. The van der Waals surface area contributed by atoms with Crippen LogP contribution in [-0.2, 0) is 21.1 Å². The van der Waals surface area contributed by atoms with Gasteiger partial charge in [0, 0.05) is 37.1 Å². The molecule has 156 valence electrons. The minimum Gasteiger partial charge on any atom is -0.380 e. The number of hydrogen-bond donors (Lipinski definition) is 2. The molecule has 1 heterocycles. The topological polar surface area (TPSA) is 97.4 Å². The summed E-state index contributed by atoms with van der Waals surface area (Å²) in [5, 5.41) is 4.56. The fraction of sp³-hybridized carbons (Fsp3) is 0.400. The largest absolute Gasteiger partial charge is 0.380 e. The molecule has 0 spiro atoms. The number of nitrogens with one attached hydrogen (secondary N) is 2. The maximum absolute atomic E-state index is 13.1. The quantitative estimate of drug-likeness (QED) is 0.675. The van der Waals surface area contributed by atoms with Crippen molar-refractivity contribution in [1.82, 2.24) is 10.3 Å². The second-order valence-electron chi connectivity index (χ2n) is 6.96. The zero-order valence-corrected chi connectivity index (χ0v) is 17.6. The molecule has 0 saturated heterocycles. The summed E-state index contributed by atoms with van der Waals surface area (Å²) in [6, 6.07) is 9.39. The molecule has 0 radical (unpaired) electrons. The Bertz CT molecular complexity index is 923. The molecule has 3 rings (SSSR count). The summed E-state index contributed by atoms with van der Waals surface area (Å²) in [5.41, 5.74) is 1.37. The summed E-state index contributed by atoms with van der Waals surface area (Å²) in [6.45, 7) is 0.339. The number of sulfone groups is 1. The molecule has 7 nitrogen and oxygen atoms in total. The number of halogens is 1. The number of alkyl halides is 1. The van der Waals surface area contributed by atoms with Crippen molar-refractivity contribution in [3.8, 4) is 0 Å². The van der Waals surface area contributed by atoms with Crippen molar-refractivity contribution in [3.63, 3.8) is 0 Å². The Kier molecular flexibility index (Phi) is 7.10. The molecule has 1 fully saturated rings. The van der Waals surface area contributed by atoms with Crippen LogP contribution in [0.1, 0.15) is 24.8 Å². The second kappa shape index (κ2) is 9.56. The van der Waals surface area contributed by atoms with Crippen LogP contribution in [-0.4, -0.2) is 43.3 Å². The van der Waals surface area contributed by atoms with E-state index in [0.717, 1.165) is 12.0 Å². The van der Waals surface area contributed by atoms with Gasteiger partial charge in [0.1, 0.15) is 0 Å². The van der Waals surface area contributed by atoms with Crippen molar-refractivity contribution in [2.75, 3.05) is 12.4 Å². The van der Waals surface area contributed by atoms with Crippen molar-refractivity contribution in [1.29, 1.82) is 0 Å². The minimum absolute atomic E-state index is 0.175. The number of nitrogens with zero attached hydrogens (tertiary/aromatic N) is 1. The number of amides is 2. The molecule has 3 atom stereocenters. The van der Waals surface area contributed by atoms with Gasteiger partial charge in [-0.1, -0.05) is 6.07 Å². The van der Waals surface area contributed by atoms with Crippen LogP contribution in [0.2, 0.25) is 0 Å². The third kappa shape index (κ3) is 5.46. The van der Waals surface area contributed by atoms with E-state index < -0.39 is 15.1 Å². The average molecular weight is 438 g/mol. The van der Waals surface area contributed by atoms with Crippen molar-refractivity contribution in [3.05, 3.63) is 54.4 Å². The van der Waals surface area contributed by atoms with Crippen molar-refractivity contribution < 1.29 is 17.9 Å². The van der Waals surface area contributed by atoms with Gasteiger partial charge in [0.05, 0.1) is 16.2 Å². The van der Waals surface area contributed by atoms with E-state index in [-0.39, 0.29) is 22.4 Å². The zero-order chi connectivity index (χ0) is 20.9. The van der Waals surface area contributed by atoms with E-state index in [1.807, 2.05) is 6.07 Å². The van der Waals surface area contributed by atoms with Crippen LogP contribution in [0, 0.1) is 0 Å². The van der Waals surface area contributed by atoms with Gasteiger partial charge in [-0.2, -0.15) is 0 Å². The molecule has 0 aliphatic heterocycles. The minimum atomic E-state index is -3.59. The van der Waals surface area contributed by atoms with Crippen LogP contribution >= 0.6 is 11.6 Å². The fourth-order valence-electron chi connectivity index (χ4n) is 3.41. The highest BCUT2D eigenvalue weighted by molar-refractivity contribution is 7.92. The van der Waals surface area contributed by atoms with Crippen LogP contribution in [0.3, 0.4) is 0 Å². The van der Waals surface area contributed by atoms with E-state index >= 15 is 0 Å². The first kappa shape index (κ1) is 21.5. The van der Waals surface area contributed by atoms with E-state index in [4.69, 9.17) is 16.3 Å². The van der Waals surface area contributed by atoms with Crippen LogP contribution in [0.5, 0.6) is 0 Å². The number of pyridine rings is 1. The molecule has 9 heteroatoms. The molecule has 0 bridgehead atoms. The van der Waals surface area contributed by atoms with Crippen LogP contribution in [0.25, 0.3) is 0 Å². The smallest absolute Gasteiger partial charge is 0.319 e. The summed E-state index contributed by atoms with van der Waals surface area (Å²) < 4.78 is 31.5. The van der Waals surface area contributed by atoms with Gasteiger partial charge in [-0.25, -0.2) is 13.2 Å². The molecule has 3 unspecified atom stereocenters. The van der Waals surface area contributed by atoms with E-state index in [1.165, 1.54) is 19.2 Å². The maximum Gasteiger partial charge on any atom is 0.319 e. The molecule has 1 aromatic heterocycles. The number of aromatic nitrogens is 1. The number of hydrogen-bond acceptors (Lipinski definition) is 5. The molecule has 29 heavy (non-hydrogen) atoms. The Morgan fingerprint density at radius 1 is 1.24 bits per heavy atom. The predicted molar refractivity (Wildman–Crippen MR) is 112 cm³/mol. The number of urea groups is 1. The Balaban J connectivity index is 1.63. The lowest BCUT2D eigenvalue weighted by molar-refractivity contribution is 0.0746. The number of methoxy groups -OCH3 is 1. The molecule has 1 aromatic carbocycles. The first-order valence-electron chi connectivity index (χ1n) is 9.34. The van der Waals surface area contributed by atoms with Gasteiger partial charge in [0.2, 0.25) is 0 Å². The Morgan fingerprint density at radius 2 is 2.00 bits per heavy atom. The molecule has 2 amide bonds. The normalized spacial score (nSPS) is 22.1. The number of rotatable bonds is 6. The van der Waals surface area contributed by atoms with Crippen molar-refractivity contribution in [2.24, 2.45) is 0 Å². The van der Waals surface area contributed by atoms with E-state index in [9.17, 15) is 13.2 Å². The first-order chi connectivity index (χ1) is 13.9. The second-order valence-corrected chi connectivity index (χ2v) is 9.75. The van der Waals surface area contributed by atoms with E-state index in [0.29, 0.717) is 25.1 Å². The first-order valence-corrected chi connectivity index (χ1v) is 11.3. The number of ether oxygens (including phenoxy) is 1. The van der Waals surface area contributed by atoms with Crippen LogP contribution in [0.15, 0.2) is 53.7 Å². The highest BCUT2D eigenvalue weighted by Gasteiger charge is 2.39. The van der Waals surface area contributed by atoms with Gasteiger partial charge in [0.25, 0.3) is 0 Å². The third-order valence-electron chi connectivity index (χ3n) is 4.99. The maximum atomic E-state index is 13.1. The lowest BCUT2D eigenvalue weighted by Crippen LogP contribution is -2.41. The van der Waals surface area contributed by atoms with Crippen molar-refractivity contribution >= 4 is 33.2 Å². The molecule has 1 aliphatic rings. The highest BCUT2D eigenvalue weighted by Crippen LogP contribution is 2.33. The fourth-order valence-corrected chi connectivity index (χ4v) is 5.83. The molecule has 2 aromatic rings. The predicted octanol–water partition coefficient (Wildman–Crippen LogP) is 3.35. The van der Waals surface area contributed by atoms with Gasteiger partial charge in [-0.15, -0.1) is 11.6 Å². The number of benzene rings is 1. The summed E-state index contributed by atoms with van der Waals surface area (Å²) in [7, 11) is -2.07. The third-order valence-corrected chi connectivity index (χ3v) is 7.60. The van der Waals surface area contributed by atoms with E-state index in [1.54, 1.807) is 30.6 Å². The molecular weight excluding hydrogens is 414 g/mol. The zero-order valence-electron chi connectivity index (χ0n) is 16.0. The molecular formula is C20H24ClN3O4S.